The van der Waals surface area contributed by atoms with Crippen LogP contribution in [0.25, 0.3) is 27.9 Å². The summed E-state index contributed by atoms with van der Waals surface area (Å²) >= 11 is 0. The number of para-hydroxylation sites is 3. The molecule has 0 saturated heterocycles. The molecule has 0 amide bonds. The van der Waals surface area contributed by atoms with E-state index >= 15 is 0 Å². The lowest BCUT2D eigenvalue weighted by Crippen LogP contribution is -2.11. The third-order valence-electron chi connectivity index (χ3n) is 5.71. The molecule has 0 aliphatic heterocycles. The van der Waals surface area contributed by atoms with Crippen LogP contribution in [0.5, 0.6) is 0 Å². The van der Waals surface area contributed by atoms with Crippen LogP contribution in [-0.4, -0.2) is 10.3 Å². The summed E-state index contributed by atoms with van der Waals surface area (Å²) in [6.45, 7) is 2.03. The Morgan fingerprint density at radius 1 is 0.719 bits per heavy atom. The smallest absolute Gasteiger partial charge is 0.0652 e. The van der Waals surface area contributed by atoms with Crippen molar-refractivity contribution in [1.82, 2.24) is 4.57 Å². The van der Waals surface area contributed by atoms with Gasteiger partial charge in [0.25, 0.3) is 0 Å². The third-order valence-corrected chi connectivity index (χ3v) is 5.71. The molecule has 0 N–H and O–H groups in total. The molecule has 1 heterocycles. The lowest BCUT2D eigenvalue weighted by Gasteiger charge is -2.20. The molecule has 0 radical (unpaired) electrons. The molecule has 32 heavy (non-hydrogen) atoms. The van der Waals surface area contributed by atoms with Gasteiger partial charge in [0.05, 0.1) is 17.1 Å². The topological polar surface area (TPSA) is 20.5 Å². The number of benzene rings is 4. The van der Waals surface area contributed by atoms with E-state index in [1.54, 1.807) is 0 Å². The number of fused-ring (bicyclic) bond motifs is 3. The van der Waals surface area contributed by atoms with Crippen LogP contribution in [0.2, 0.25) is 0 Å². The second-order valence-electron chi connectivity index (χ2n) is 7.91. The normalized spacial score (nSPS) is 12.1. The molecular weight excluding hydrogens is 390 g/mol. The first-order chi connectivity index (χ1) is 15.7. The zero-order valence-electron chi connectivity index (χ0n) is 18.3. The Hall–Kier alpha value is -4.11. The van der Waals surface area contributed by atoms with Gasteiger partial charge in [0.1, 0.15) is 0 Å². The van der Waals surface area contributed by atoms with E-state index in [0.29, 0.717) is 0 Å². The van der Waals surface area contributed by atoms with Crippen molar-refractivity contribution in [2.24, 2.45) is 12.1 Å². The third kappa shape index (κ3) is 3.81. The Morgan fingerprint density at radius 2 is 1.31 bits per heavy atom. The van der Waals surface area contributed by atoms with Crippen LogP contribution in [0.3, 0.4) is 0 Å². The molecule has 0 spiro atoms. The number of allylic oxidation sites excluding steroid dienone is 1. The van der Waals surface area contributed by atoms with Crippen LogP contribution in [0, 0.1) is 0 Å². The molecule has 3 heteroatoms. The van der Waals surface area contributed by atoms with E-state index in [4.69, 9.17) is 5.10 Å². The molecule has 156 valence electrons. The van der Waals surface area contributed by atoms with E-state index in [1.807, 2.05) is 48.3 Å². The molecule has 0 aliphatic rings. The molecule has 5 rings (SSSR count). The average Bonchev–Trinajstić information content (AvgIpc) is 3.14. The summed E-state index contributed by atoms with van der Waals surface area (Å²) in [5.41, 5.74) is 6.65. The number of hydrogen-bond acceptors (Lipinski definition) is 2. The van der Waals surface area contributed by atoms with Crippen LogP contribution < -0.4 is 5.01 Å². The van der Waals surface area contributed by atoms with Gasteiger partial charge < -0.3 is 4.57 Å². The van der Waals surface area contributed by atoms with Gasteiger partial charge >= 0.3 is 0 Å². The van der Waals surface area contributed by atoms with E-state index < -0.39 is 0 Å². The zero-order valence-corrected chi connectivity index (χ0v) is 18.3. The highest BCUT2D eigenvalue weighted by Crippen LogP contribution is 2.29. The first kappa shape index (κ1) is 19.8. The lowest BCUT2D eigenvalue weighted by atomic mass is 10.1. The van der Waals surface area contributed by atoms with Crippen molar-refractivity contribution in [1.29, 1.82) is 0 Å². The number of anilines is 2. The molecule has 0 bridgehead atoms. The van der Waals surface area contributed by atoms with Crippen LogP contribution in [-0.2, 0) is 7.05 Å². The second kappa shape index (κ2) is 8.56. The minimum atomic E-state index is 0.927. The van der Waals surface area contributed by atoms with E-state index in [9.17, 15) is 0 Å². The lowest BCUT2D eigenvalue weighted by molar-refractivity contribution is 1.01. The number of hydrogen-bond donors (Lipinski definition) is 0. The van der Waals surface area contributed by atoms with E-state index in [2.05, 4.69) is 90.5 Å². The monoisotopic (exact) mass is 415 g/mol. The highest BCUT2D eigenvalue weighted by Gasteiger charge is 2.09. The number of aromatic nitrogens is 1. The number of hydrazone groups is 1. The molecule has 0 fully saturated rings. The van der Waals surface area contributed by atoms with Crippen LogP contribution in [0.15, 0.2) is 114 Å². The molecule has 0 saturated carbocycles. The minimum Gasteiger partial charge on any atom is -0.344 e. The average molecular weight is 416 g/mol. The molecule has 0 unspecified atom stereocenters. The fraction of sp³-hybridized carbons (Fsp3) is 0.0690. The summed E-state index contributed by atoms with van der Waals surface area (Å²) in [7, 11) is 2.12. The van der Waals surface area contributed by atoms with Crippen molar-refractivity contribution < 1.29 is 0 Å². The summed E-state index contributed by atoms with van der Waals surface area (Å²) in [6, 6.07) is 35.6. The second-order valence-corrected chi connectivity index (χ2v) is 7.91. The van der Waals surface area contributed by atoms with Gasteiger partial charge in [-0.25, -0.2) is 5.01 Å². The van der Waals surface area contributed by atoms with Gasteiger partial charge in [-0.15, -0.1) is 0 Å². The summed E-state index contributed by atoms with van der Waals surface area (Å²) in [4.78, 5) is 0. The minimum absolute atomic E-state index is 0.927. The predicted molar refractivity (Wildman–Crippen MR) is 138 cm³/mol. The Morgan fingerprint density at radius 3 is 2.00 bits per heavy atom. The van der Waals surface area contributed by atoms with Crippen molar-refractivity contribution in [3.05, 3.63) is 115 Å². The van der Waals surface area contributed by atoms with Gasteiger partial charge in [0, 0.05) is 28.9 Å². The quantitative estimate of drug-likeness (QED) is 0.214. The summed E-state index contributed by atoms with van der Waals surface area (Å²) in [5, 5.41) is 9.44. The fourth-order valence-corrected chi connectivity index (χ4v) is 4.10. The van der Waals surface area contributed by atoms with E-state index in [1.165, 1.54) is 21.8 Å². The molecule has 5 aromatic rings. The first-order valence-electron chi connectivity index (χ1n) is 10.8. The van der Waals surface area contributed by atoms with Gasteiger partial charge in [-0.3, -0.25) is 0 Å². The van der Waals surface area contributed by atoms with Crippen LogP contribution >= 0.6 is 0 Å². The van der Waals surface area contributed by atoms with Crippen molar-refractivity contribution in [2.75, 3.05) is 5.01 Å². The van der Waals surface area contributed by atoms with Crippen molar-refractivity contribution in [3.8, 4) is 0 Å². The van der Waals surface area contributed by atoms with Gasteiger partial charge in [-0.1, -0.05) is 66.7 Å². The molecule has 0 atom stereocenters. The predicted octanol–water partition coefficient (Wildman–Crippen LogP) is 7.56. The Bertz CT molecular complexity index is 1390. The maximum absolute atomic E-state index is 4.91. The molecule has 4 aromatic carbocycles. The van der Waals surface area contributed by atoms with Gasteiger partial charge in [0.2, 0.25) is 0 Å². The number of rotatable bonds is 5. The fourth-order valence-electron chi connectivity index (χ4n) is 4.10. The Kier molecular flexibility index (Phi) is 5.30. The summed E-state index contributed by atoms with van der Waals surface area (Å²) in [5.74, 6) is 0. The van der Waals surface area contributed by atoms with Gasteiger partial charge in [-0.2, -0.15) is 5.10 Å². The van der Waals surface area contributed by atoms with Gasteiger partial charge in [0.15, 0.2) is 0 Å². The SMILES string of the molecule is CC(C=Cc1ccc2c(c1)c1ccccc1n2C)=NN(c1ccccc1)c1ccccc1. The summed E-state index contributed by atoms with van der Waals surface area (Å²) < 4.78 is 2.25. The number of aryl methyl sites for hydroxylation is 1. The van der Waals surface area contributed by atoms with Crippen LogP contribution in [0.1, 0.15) is 12.5 Å². The molecule has 1 aromatic heterocycles. The molecule has 0 aliphatic carbocycles. The molecular formula is C29H25N3. The zero-order chi connectivity index (χ0) is 21.9. The highest BCUT2D eigenvalue weighted by atomic mass is 15.5. The van der Waals surface area contributed by atoms with Crippen molar-refractivity contribution >= 4 is 45.0 Å². The van der Waals surface area contributed by atoms with Gasteiger partial charge in [-0.05, 0) is 61.0 Å². The largest absolute Gasteiger partial charge is 0.344 e. The van der Waals surface area contributed by atoms with E-state index in [0.717, 1.165) is 22.6 Å². The Labute approximate surface area is 188 Å². The maximum Gasteiger partial charge on any atom is 0.0652 e. The van der Waals surface area contributed by atoms with E-state index in [-0.39, 0.29) is 0 Å². The molecule has 3 nitrogen and oxygen atoms in total. The number of nitrogens with zero attached hydrogens (tertiary/aromatic N) is 3. The standard InChI is InChI=1S/C29H25N3/c1-22(30-32(24-11-5-3-6-12-24)25-13-7-4-8-14-25)17-18-23-19-20-29-27(21-23)26-15-9-10-16-28(26)31(29)2/h3-21H,1-2H3. The van der Waals surface area contributed by atoms with Crippen LogP contribution in [0.4, 0.5) is 11.4 Å². The highest BCUT2D eigenvalue weighted by molar-refractivity contribution is 6.08. The Balaban J connectivity index is 1.49. The van der Waals surface area contributed by atoms with Crippen molar-refractivity contribution in [2.45, 2.75) is 6.92 Å². The summed E-state index contributed by atoms with van der Waals surface area (Å²) in [6.07, 6.45) is 4.21. The first-order valence-corrected chi connectivity index (χ1v) is 10.8. The van der Waals surface area contributed by atoms with Crippen molar-refractivity contribution in [3.63, 3.8) is 0 Å². The maximum atomic E-state index is 4.91.